The minimum atomic E-state index is -0.592. The van der Waals surface area contributed by atoms with Gasteiger partial charge in [0.15, 0.2) is 0 Å². The topological polar surface area (TPSA) is 68.3 Å². The van der Waals surface area contributed by atoms with Gasteiger partial charge in [0.1, 0.15) is 16.4 Å². The van der Waals surface area contributed by atoms with Crippen LogP contribution in [0.25, 0.3) is 33.3 Å². The van der Waals surface area contributed by atoms with E-state index in [1.165, 1.54) is 30.6 Å². The van der Waals surface area contributed by atoms with Crippen molar-refractivity contribution in [3.63, 3.8) is 0 Å². The number of amides is 1. The first kappa shape index (κ1) is 23.4. The molecule has 36 heavy (non-hydrogen) atoms. The standard InChI is InChI=1S/C29H21FN2O3S/c1-17-7-3-4-8-20(17)25-15-22(21-9-5-6-10-24(21)31-25)27(33)32-28-26(29(34)35-2)23(16-36-28)18-11-13-19(30)14-12-18/h3-16H,1-2H3,(H,32,33). The van der Waals surface area contributed by atoms with Crippen LogP contribution in [0.5, 0.6) is 0 Å². The van der Waals surface area contributed by atoms with Gasteiger partial charge in [-0.05, 0) is 42.3 Å². The predicted octanol–water partition coefficient (Wildman–Crippen LogP) is 7.12. The van der Waals surface area contributed by atoms with Gasteiger partial charge in [-0.1, -0.05) is 54.6 Å². The molecule has 0 bridgehead atoms. The van der Waals surface area contributed by atoms with Crippen molar-refractivity contribution in [1.29, 1.82) is 0 Å². The van der Waals surface area contributed by atoms with Gasteiger partial charge in [-0.15, -0.1) is 11.3 Å². The van der Waals surface area contributed by atoms with Crippen molar-refractivity contribution < 1.29 is 18.7 Å². The molecule has 178 valence electrons. The van der Waals surface area contributed by atoms with Crippen LogP contribution in [0.1, 0.15) is 26.3 Å². The number of carbonyl (C=O) groups excluding carboxylic acids is 2. The van der Waals surface area contributed by atoms with E-state index >= 15 is 0 Å². The smallest absolute Gasteiger partial charge is 0.341 e. The molecule has 2 heterocycles. The lowest BCUT2D eigenvalue weighted by molar-refractivity contribution is 0.0603. The molecule has 1 amide bonds. The highest BCUT2D eigenvalue weighted by molar-refractivity contribution is 7.15. The second-order valence-corrected chi connectivity index (χ2v) is 9.07. The van der Waals surface area contributed by atoms with Crippen LogP contribution < -0.4 is 5.32 Å². The van der Waals surface area contributed by atoms with E-state index in [-0.39, 0.29) is 17.3 Å². The molecule has 0 atom stereocenters. The number of benzene rings is 3. The molecule has 0 radical (unpaired) electrons. The Kier molecular flexibility index (Phi) is 6.31. The lowest BCUT2D eigenvalue weighted by Crippen LogP contribution is -2.15. The normalized spacial score (nSPS) is 10.9. The minimum absolute atomic E-state index is 0.222. The zero-order valence-corrected chi connectivity index (χ0v) is 20.4. The number of nitrogens with zero attached hydrogens (tertiary/aromatic N) is 1. The highest BCUT2D eigenvalue weighted by Crippen LogP contribution is 2.37. The lowest BCUT2D eigenvalue weighted by atomic mass is 10.0. The number of esters is 1. The summed E-state index contributed by atoms with van der Waals surface area (Å²) in [7, 11) is 1.28. The monoisotopic (exact) mass is 496 g/mol. The molecule has 0 spiro atoms. The third kappa shape index (κ3) is 4.36. The second-order valence-electron chi connectivity index (χ2n) is 8.19. The number of hydrogen-bond donors (Lipinski definition) is 1. The molecular weight excluding hydrogens is 475 g/mol. The number of fused-ring (bicyclic) bond motifs is 1. The van der Waals surface area contributed by atoms with E-state index in [0.29, 0.717) is 38.3 Å². The lowest BCUT2D eigenvalue weighted by Gasteiger charge is -2.12. The highest BCUT2D eigenvalue weighted by atomic mass is 32.1. The van der Waals surface area contributed by atoms with Gasteiger partial charge in [-0.3, -0.25) is 4.79 Å². The quantitative estimate of drug-likeness (QED) is 0.263. The number of anilines is 1. The summed E-state index contributed by atoms with van der Waals surface area (Å²) in [6.45, 7) is 2.00. The number of thiophene rings is 1. The molecule has 7 heteroatoms. The fraction of sp³-hybridized carbons (Fsp3) is 0.0690. The van der Waals surface area contributed by atoms with Gasteiger partial charge in [0, 0.05) is 21.9 Å². The molecule has 5 nitrogen and oxygen atoms in total. The van der Waals surface area contributed by atoms with Crippen molar-refractivity contribution in [2.24, 2.45) is 0 Å². The van der Waals surface area contributed by atoms with Crippen LogP contribution in [-0.4, -0.2) is 24.0 Å². The first-order valence-corrected chi connectivity index (χ1v) is 12.1. The van der Waals surface area contributed by atoms with Gasteiger partial charge in [0.25, 0.3) is 5.91 Å². The number of nitrogens with one attached hydrogen (secondary N) is 1. The van der Waals surface area contributed by atoms with Crippen LogP contribution in [0.15, 0.2) is 84.2 Å². The summed E-state index contributed by atoms with van der Waals surface area (Å²) >= 11 is 1.21. The van der Waals surface area contributed by atoms with Gasteiger partial charge >= 0.3 is 5.97 Å². The van der Waals surface area contributed by atoms with E-state index in [1.54, 1.807) is 23.6 Å². The van der Waals surface area contributed by atoms with Gasteiger partial charge < -0.3 is 10.1 Å². The van der Waals surface area contributed by atoms with Gasteiger partial charge in [-0.2, -0.15) is 0 Å². The molecule has 0 fully saturated rings. The fourth-order valence-electron chi connectivity index (χ4n) is 4.13. The maximum Gasteiger partial charge on any atom is 0.341 e. The summed E-state index contributed by atoms with van der Waals surface area (Å²) in [6, 6.07) is 22.9. The van der Waals surface area contributed by atoms with Crippen LogP contribution in [0.3, 0.4) is 0 Å². The van der Waals surface area contributed by atoms with Crippen molar-refractivity contribution in [2.45, 2.75) is 6.92 Å². The van der Waals surface area contributed by atoms with E-state index in [0.717, 1.165) is 11.1 Å². The maximum atomic E-state index is 13.6. The van der Waals surface area contributed by atoms with Crippen molar-refractivity contribution in [2.75, 3.05) is 12.4 Å². The third-order valence-corrected chi connectivity index (χ3v) is 6.84. The van der Waals surface area contributed by atoms with E-state index in [1.807, 2.05) is 55.5 Å². The molecule has 0 unspecified atom stereocenters. The second kappa shape index (κ2) is 9.71. The van der Waals surface area contributed by atoms with Gasteiger partial charge in [-0.25, -0.2) is 14.2 Å². The molecule has 3 aromatic carbocycles. The zero-order valence-electron chi connectivity index (χ0n) is 19.5. The van der Waals surface area contributed by atoms with Crippen LogP contribution in [0.4, 0.5) is 9.39 Å². The Hall–Kier alpha value is -4.36. The predicted molar refractivity (Wildman–Crippen MR) is 141 cm³/mol. The molecular formula is C29H21FN2O3S. The zero-order chi connectivity index (χ0) is 25.2. The molecule has 0 aliphatic rings. The van der Waals surface area contributed by atoms with E-state index in [2.05, 4.69) is 5.32 Å². The summed E-state index contributed by atoms with van der Waals surface area (Å²) in [5.41, 5.74) is 5.21. The Bertz CT molecular complexity index is 1610. The van der Waals surface area contributed by atoms with Crippen LogP contribution in [-0.2, 0) is 4.74 Å². The van der Waals surface area contributed by atoms with E-state index in [9.17, 15) is 14.0 Å². The Labute approximate surface area is 211 Å². The summed E-state index contributed by atoms with van der Waals surface area (Å²) in [4.78, 5) is 31.1. The van der Waals surface area contributed by atoms with Crippen molar-refractivity contribution in [3.8, 4) is 22.4 Å². The number of carbonyl (C=O) groups is 2. The van der Waals surface area contributed by atoms with Crippen LogP contribution in [0, 0.1) is 12.7 Å². The Morgan fingerprint density at radius 1 is 0.944 bits per heavy atom. The van der Waals surface area contributed by atoms with Crippen LogP contribution >= 0.6 is 11.3 Å². The molecule has 2 aromatic heterocycles. The number of para-hydroxylation sites is 1. The number of aromatic nitrogens is 1. The van der Waals surface area contributed by atoms with Crippen molar-refractivity contribution in [3.05, 3.63) is 107 Å². The molecule has 1 N–H and O–H groups in total. The largest absolute Gasteiger partial charge is 0.465 e. The molecule has 5 rings (SSSR count). The molecule has 5 aromatic rings. The number of pyridine rings is 1. The molecule has 0 saturated heterocycles. The first-order chi connectivity index (χ1) is 17.5. The third-order valence-electron chi connectivity index (χ3n) is 5.94. The number of methoxy groups -OCH3 is 1. The minimum Gasteiger partial charge on any atom is -0.465 e. The Morgan fingerprint density at radius 2 is 1.67 bits per heavy atom. The maximum absolute atomic E-state index is 13.6. The van der Waals surface area contributed by atoms with Gasteiger partial charge in [0.05, 0.1) is 23.9 Å². The Balaban J connectivity index is 1.59. The molecule has 0 saturated carbocycles. The van der Waals surface area contributed by atoms with Gasteiger partial charge in [0.2, 0.25) is 0 Å². The molecule has 0 aliphatic carbocycles. The molecule has 0 aliphatic heterocycles. The first-order valence-electron chi connectivity index (χ1n) is 11.2. The average molecular weight is 497 g/mol. The van der Waals surface area contributed by atoms with Crippen molar-refractivity contribution in [1.82, 2.24) is 4.98 Å². The Morgan fingerprint density at radius 3 is 2.42 bits per heavy atom. The number of hydrogen-bond acceptors (Lipinski definition) is 5. The fourth-order valence-corrected chi connectivity index (χ4v) is 5.08. The summed E-state index contributed by atoms with van der Waals surface area (Å²) in [5, 5.41) is 5.70. The SMILES string of the molecule is COC(=O)c1c(-c2ccc(F)cc2)csc1NC(=O)c1cc(-c2ccccc2C)nc2ccccc12. The number of aryl methyl sites for hydroxylation is 1. The highest BCUT2D eigenvalue weighted by Gasteiger charge is 2.24. The van der Waals surface area contributed by atoms with Crippen LogP contribution in [0.2, 0.25) is 0 Å². The van der Waals surface area contributed by atoms with Crippen molar-refractivity contribution >= 4 is 39.1 Å². The van der Waals surface area contributed by atoms with E-state index < -0.39 is 5.97 Å². The summed E-state index contributed by atoms with van der Waals surface area (Å²) < 4.78 is 18.5. The summed E-state index contributed by atoms with van der Waals surface area (Å²) in [5.74, 6) is -1.34. The van der Waals surface area contributed by atoms with E-state index in [4.69, 9.17) is 9.72 Å². The average Bonchev–Trinajstić information content (AvgIpc) is 3.31. The summed E-state index contributed by atoms with van der Waals surface area (Å²) in [6.07, 6.45) is 0. The number of halogens is 1. The number of ether oxygens (including phenoxy) is 1. The number of rotatable bonds is 5.